The monoisotopic (exact) mass is 231 g/mol. The molecule has 0 aromatic heterocycles. The van der Waals surface area contributed by atoms with Crippen molar-refractivity contribution in [2.75, 3.05) is 6.54 Å². The highest BCUT2D eigenvalue weighted by Gasteiger charge is 2.35. The molecule has 0 spiro atoms. The Labute approximate surface area is 106 Å². The Morgan fingerprint density at radius 1 is 1.29 bits per heavy atom. The van der Waals surface area contributed by atoms with Gasteiger partial charge in [0.2, 0.25) is 0 Å². The number of hydrogen-bond donors (Lipinski definition) is 1. The molecule has 2 rings (SSSR count). The number of hydrogen-bond acceptors (Lipinski definition) is 1. The van der Waals surface area contributed by atoms with Crippen LogP contribution in [0.5, 0.6) is 0 Å². The Hall–Kier alpha value is -0.820. The lowest BCUT2D eigenvalue weighted by Gasteiger charge is -2.12. The largest absolute Gasteiger partial charge is 0.314 e. The Balaban J connectivity index is 1.63. The Kier molecular flexibility index (Phi) is 4.61. The molecule has 1 aromatic rings. The van der Waals surface area contributed by atoms with Crippen LogP contribution in [0.2, 0.25) is 0 Å². The zero-order chi connectivity index (χ0) is 12.1. The molecule has 17 heavy (non-hydrogen) atoms. The predicted molar refractivity (Wildman–Crippen MR) is 74.3 cm³/mol. The van der Waals surface area contributed by atoms with Crippen molar-refractivity contribution in [2.45, 2.75) is 51.5 Å². The maximum Gasteiger partial charge on any atom is 0.00991 e. The SMILES string of the molecule is CCCC1CC1NCCC(C)c1ccccc1. The molecular formula is C16H25N. The van der Waals surface area contributed by atoms with Gasteiger partial charge in [-0.15, -0.1) is 0 Å². The van der Waals surface area contributed by atoms with E-state index in [-0.39, 0.29) is 0 Å². The van der Waals surface area contributed by atoms with Crippen LogP contribution in [0.4, 0.5) is 0 Å². The third-order valence-corrected chi connectivity index (χ3v) is 3.93. The molecule has 3 atom stereocenters. The van der Waals surface area contributed by atoms with E-state index in [9.17, 15) is 0 Å². The molecule has 1 saturated carbocycles. The lowest BCUT2D eigenvalue weighted by molar-refractivity contribution is 0.557. The average Bonchev–Trinajstić information content (AvgIpc) is 3.09. The van der Waals surface area contributed by atoms with E-state index in [0.29, 0.717) is 5.92 Å². The first-order valence-corrected chi connectivity index (χ1v) is 7.09. The van der Waals surface area contributed by atoms with Gasteiger partial charge < -0.3 is 5.32 Å². The van der Waals surface area contributed by atoms with Crippen LogP contribution >= 0.6 is 0 Å². The van der Waals surface area contributed by atoms with Gasteiger partial charge in [0.15, 0.2) is 0 Å². The minimum absolute atomic E-state index is 0.673. The molecule has 0 radical (unpaired) electrons. The van der Waals surface area contributed by atoms with Gasteiger partial charge in [0.1, 0.15) is 0 Å². The molecular weight excluding hydrogens is 206 g/mol. The molecule has 0 aliphatic heterocycles. The number of rotatable bonds is 7. The molecule has 1 aliphatic rings. The third kappa shape index (κ3) is 3.85. The molecule has 0 saturated heterocycles. The lowest BCUT2D eigenvalue weighted by Crippen LogP contribution is -2.20. The summed E-state index contributed by atoms with van der Waals surface area (Å²) in [7, 11) is 0. The predicted octanol–water partition coefficient (Wildman–Crippen LogP) is 3.96. The number of nitrogens with one attached hydrogen (secondary N) is 1. The van der Waals surface area contributed by atoms with Crippen molar-refractivity contribution < 1.29 is 0 Å². The molecule has 1 fully saturated rings. The summed E-state index contributed by atoms with van der Waals surface area (Å²) in [4.78, 5) is 0. The Morgan fingerprint density at radius 2 is 2.06 bits per heavy atom. The van der Waals surface area contributed by atoms with E-state index >= 15 is 0 Å². The normalized spacial score (nSPS) is 24.6. The van der Waals surface area contributed by atoms with E-state index < -0.39 is 0 Å². The van der Waals surface area contributed by atoms with Crippen LogP contribution in [0.25, 0.3) is 0 Å². The van der Waals surface area contributed by atoms with Gasteiger partial charge in [-0.3, -0.25) is 0 Å². The maximum absolute atomic E-state index is 3.69. The summed E-state index contributed by atoms with van der Waals surface area (Å²) < 4.78 is 0. The highest BCUT2D eigenvalue weighted by atomic mass is 15.0. The van der Waals surface area contributed by atoms with E-state index in [2.05, 4.69) is 49.5 Å². The first-order chi connectivity index (χ1) is 8.31. The van der Waals surface area contributed by atoms with Crippen molar-refractivity contribution in [3.05, 3.63) is 35.9 Å². The van der Waals surface area contributed by atoms with Crippen LogP contribution in [0.3, 0.4) is 0 Å². The molecule has 1 N–H and O–H groups in total. The second-order valence-electron chi connectivity index (χ2n) is 5.45. The van der Waals surface area contributed by atoms with E-state index in [1.54, 1.807) is 0 Å². The van der Waals surface area contributed by atoms with Crippen LogP contribution in [-0.2, 0) is 0 Å². The van der Waals surface area contributed by atoms with E-state index in [1.165, 1.54) is 37.8 Å². The van der Waals surface area contributed by atoms with Gasteiger partial charge in [-0.2, -0.15) is 0 Å². The highest BCUT2D eigenvalue weighted by molar-refractivity contribution is 5.18. The van der Waals surface area contributed by atoms with Gasteiger partial charge in [-0.1, -0.05) is 50.6 Å². The summed E-state index contributed by atoms with van der Waals surface area (Å²) in [6.07, 6.45) is 5.40. The lowest BCUT2D eigenvalue weighted by atomic mass is 9.98. The molecule has 1 aromatic carbocycles. The molecule has 3 unspecified atom stereocenters. The summed E-state index contributed by atoms with van der Waals surface area (Å²) in [5.74, 6) is 1.65. The fourth-order valence-corrected chi connectivity index (χ4v) is 2.62. The Bertz CT molecular complexity index is 320. The van der Waals surface area contributed by atoms with Crippen molar-refractivity contribution in [2.24, 2.45) is 5.92 Å². The summed E-state index contributed by atoms with van der Waals surface area (Å²) >= 11 is 0. The summed E-state index contributed by atoms with van der Waals surface area (Å²) in [5.41, 5.74) is 1.47. The van der Waals surface area contributed by atoms with Gasteiger partial charge >= 0.3 is 0 Å². The molecule has 0 amide bonds. The van der Waals surface area contributed by atoms with E-state index in [1.807, 2.05) is 0 Å². The molecule has 0 bridgehead atoms. The minimum Gasteiger partial charge on any atom is -0.314 e. The first-order valence-electron chi connectivity index (χ1n) is 7.09. The van der Waals surface area contributed by atoms with Gasteiger partial charge in [0.25, 0.3) is 0 Å². The topological polar surface area (TPSA) is 12.0 Å². The fraction of sp³-hybridized carbons (Fsp3) is 0.625. The third-order valence-electron chi connectivity index (χ3n) is 3.93. The summed E-state index contributed by atoms with van der Waals surface area (Å²) in [6.45, 7) is 5.78. The zero-order valence-corrected chi connectivity index (χ0v) is 11.2. The van der Waals surface area contributed by atoms with E-state index in [0.717, 1.165) is 12.0 Å². The van der Waals surface area contributed by atoms with Gasteiger partial charge in [-0.05, 0) is 43.2 Å². The van der Waals surface area contributed by atoms with Gasteiger partial charge in [0, 0.05) is 6.04 Å². The molecule has 94 valence electrons. The van der Waals surface area contributed by atoms with Crippen LogP contribution < -0.4 is 5.32 Å². The zero-order valence-electron chi connectivity index (χ0n) is 11.2. The van der Waals surface area contributed by atoms with Crippen molar-refractivity contribution >= 4 is 0 Å². The van der Waals surface area contributed by atoms with Crippen molar-refractivity contribution in [1.29, 1.82) is 0 Å². The van der Waals surface area contributed by atoms with Crippen molar-refractivity contribution in [3.8, 4) is 0 Å². The average molecular weight is 231 g/mol. The van der Waals surface area contributed by atoms with Crippen molar-refractivity contribution in [3.63, 3.8) is 0 Å². The summed E-state index contributed by atoms with van der Waals surface area (Å²) in [5, 5.41) is 3.69. The molecule has 1 heteroatoms. The smallest absolute Gasteiger partial charge is 0.00991 e. The number of benzene rings is 1. The standard InChI is InChI=1S/C16H25N/c1-3-7-15-12-16(15)17-11-10-13(2)14-8-5-4-6-9-14/h4-6,8-9,13,15-17H,3,7,10-12H2,1-2H3. The Morgan fingerprint density at radius 3 is 2.76 bits per heavy atom. The summed E-state index contributed by atoms with van der Waals surface area (Å²) in [6, 6.07) is 11.7. The van der Waals surface area contributed by atoms with Crippen LogP contribution in [0.1, 0.15) is 51.0 Å². The maximum atomic E-state index is 3.69. The van der Waals surface area contributed by atoms with Crippen LogP contribution in [0, 0.1) is 5.92 Å². The van der Waals surface area contributed by atoms with Crippen molar-refractivity contribution in [1.82, 2.24) is 5.32 Å². The van der Waals surface area contributed by atoms with Crippen LogP contribution in [-0.4, -0.2) is 12.6 Å². The first kappa shape index (κ1) is 12.6. The highest BCUT2D eigenvalue weighted by Crippen LogP contribution is 2.34. The second-order valence-corrected chi connectivity index (χ2v) is 5.45. The quantitative estimate of drug-likeness (QED) is 0.749. The molecule has 1 aliphatic carbocycles. The van der Waals surface area contributed by atoms with E-state index in [4.69, 9.17) is 0 Å². The minimum atomic E-state index is 0.673. The molecule has 0 heterocycles. The fourth-order valence-electron chi connectivity index (χ4n) is 2.62. The second kappa shape index (κ2) is 6.20. The van der Waals surface area contributed by atoms with Gasteiger partial charge in [-0.25, -0.2) is 0 Å². The molecule has 1 nitrogen and oxygen atoms in total. The van der Waals surface area contributed by atoms with Gasteiger partial charge in [0.05, 0.1) is 0 Å². The van der Waals surface area contributed by atoms with Crippen LogP contribution in [0.15, 0.2) is 30.3 Å².